The average molecular weight is 178 g/mol. The van der Waals surface area contributed by atoms with Crippen molar-refractivity contribution in [3.8, 4) is 0 Å². The SMILES string of the molecule is C1=CC2CC1C1CCCCC21.CC. The summed E-state index contributed by atoms with van der Waals surface area (Å²) in [7, 11) is 0. The minimum Gasteiger partial charge on any atom is -0.0848 e. The first-order valence-corrected chi connectivity index (χ1v) is 6.13. The van der Waals surface area contributed by atoms with Gasteiger partial charge in [-0.15, -0.1) is 0 Å². The Morgan fingerprint density at radius 2 is 1.31 bits per heavy atom. The molecule has 0 N–H and O–H groups in total. The van der Waals surface area contributed by atoms with Gasteiger partial charge in [-0.2, -0.15) is 0 Å². The van der Waals surface area contributed by atoms with Crippen LogP contribution in [0.25, 0.3) is 0 Å². The van der Waals surface area contributed by atoms with E-state index in [0.717, 1.165) is 23.7 Å². The van der Waals surface area contributed by atoms with E-state index in [2.05, 4.69) is 12.2 Å². The molecule has 0 heteroatoms. The lowest BCUT2D eigenvalue weighted by Crippen LogP contribution is -2.22. The van der Waals surface area contributed by atoms with Crippen LogP contribution in [-0.2, 0) is 0 Å². The molecule has 0 aromatic heterocycles. The predicted octanol–water partition coefficient (Wildman–Crippen LogP) is 4.02. The minimum absolute atomic E-state index is 1.00. The summed E-state index contributed by atoms with van der Waals surface area (Å²) in [4.78, 5) is 0. The summed E-state index contributed by atoms with van der Waals surface area (Å²) < 4.78 is 0. The van der Waals surface area contributed by atoms with E-state index in [1.165, 1.54) is 32.1 Å². The molecule has 2 fully saturated rings. The standard InChI is InChI=1S/C11H16.C2H6/c1-2-4-11-9-6-5-8(7-9)10(11)3-1;1-2/h5-6,8-11H,1-4,7H2;1-2H3. The first-order chi connectivity index (χ1) is 6.45. The molecule has 3 rings (SSSR count). The van der Waals surface area contributed by atoms with Crippen LogP contribution in [0.5, 0.6) is 0 Å². The van der Waals surface area contributed by atoms with E-state index in [9.17, 15) is 0 Å². The fourth-order valence-corrected chi connectivity index (χ4v) is 3.64. The summed E-state index contributed by atoms with van der Waals surface area (Å²) in [6, 6.07) is 0. The van der Waals surface area contributed by atoms with Gasteiger partial charge < -0.3 is 0 Å². The van der Waals surface area contributed by atoms with E-state index in [4.69, 9.17) is 0 Å². The summed E-state index contributed by atoms with van der Waals surface area (Å²) >= 11 is 0. The molecule has 2 saturated carbocycles. The second-order valence-electron chi connectivity index (χ2n) is 4.56. The molecule has 0 radical (unpaired) electrons. The third kappa shape index (κ3) is 1.45. The van der Waals surface area contributed by atoms with Crippen molar-refractivity contribution in [2.24, 2.45) is 23.7 Å². The number of hydrogen-bond acceptors (Lipinski definition) is 0. The van der Waals surface area contributed by atoms with Gasteiger partial charge in [0.1, 0.15) is 0 Å². The topological polar surface area (TPSA) is 0 Å². The Kier molecular flexibility index (Phi) is 2.76. The van der Waals surface area contributed by atoms with Crippen LogP contribution in [0.4, 0.5) is 0 Å². The van der Waals surface area contributed by atoms with Crippen molar-refractivity contribution in [1.82, 2.24) is 0 Å². The maximum atomic E-state index is 2.50. The minimum atomic E-state index is 1.00. The summed E-state index contributed by atoms with van der Waals surface area (Å²) in [6.07, 6.45) is 12.6. The van der Waals surface area contributed by atoms with E-state index in [-0.39, 0.29) is 0 Å². The molecule has 0 heterocycles. The normalized spacial score (nSPS) is 45.4. The maximum Gasteiger partial charge on any atom is -0.0196 e. The van der Waals surface area contributed by atoms with Gasteiger partial charge in [0.25, 0.3) is 0 Å². The van der Waals surface area contributed by atoms with E-state index in [0.29, 0.717) is 0 Å². The van der Waals surface area contributed by atoms with Gasteiger partial charge in [0.05, 0.1) is 0 Å². The second-order valence-corrected chi connectivity index (χ2v) is 4.56. The zero-order valence-corrected chi connectivity index (χ0v) is 9.00. The molecule has 74 valence electrons. The van der Waals surface area contributed by atoms with Crippen LogP contribution in [0.2, 0.25) is 0 Å². The van der Waals surface area contributed by atoms with Gasteiger partial charge in [0, 0.05) is 0 Å². The van der Waals surface area contributed by atoms with Gasteiger partial charge in [-0.25, -0.2) is 0 Å². The van der Waals surface area contributed by atoms with Crippen LogP contribution in [0.1, 0.15) is 46.0 Å². The van der Waals surface area contributed by atoms with Crippen molar-refractivity contribution in [2.75, 3.05) is 0 Å². The lowest BCUT2D eigenvalue weighted by molar-refractivity contribution is 0.221. The van der Waals surface area contributed by atoms with Crippen molar-refractivity contribution in [3.63, 3.8) is 0 Å². The molecule has 0 saturated heterocycles. The Hall–Kier alpha value is -0.260. The smallest absolute Gasteiger partial charge is 0.0196 e. The van der Waals surface area contributed by atoms with Crippen molar-refractivity contribution in [2.45, 2.75) is 46.0 Å². The van der Waals surface area contributed by atoms with Crippen molar-refractivity contribution in [3.05, 3.63) is 12.2 Å². The summed E-state index contributed by atoms with van der Waals surface area (Å²) in [5.74, 6) is 4.23. The van der Waals surface area contributed by atoms with Crippen LogP contribution in [-0.4, -0.2) is 0 Å². The molecule has 0 nitrogen and oxygen atoms in total. The van der Waals surface area contributed by atoms with Crippen LogP contribution in [0.15, 0.2) is 12.2 Å². The first kappa shape index (κ1) is 9.30. The highest BCUT2D eigenvalue weighted by Gasteiger charge is 2.44. The fourth-order valence-electron chi connectivity index (χ4n) is 3.64. The van der Waals surface area contributed by atoms with E-state index >= 15 is 0 Å². The van der Waals surface area contributed by atoms with Gasteiger partial charge in [-0.1, -0.05) is 38.8 Å². The maximum absolute atomic E-state index is 2.50. The highest BCUT2D eigenvalue weighted by molar-refractivity contribution is 5.13. The molecule has 3 aliphatic carbocycles. The van der Waals surface area contributed by atoms with Gasteiger partial charge in [0.15, 0.2) is 0 Å². The quantitative estimate of drug-likeness (QED) is 0.491. The molecule has 2 bridgehead atoms. The summed E-state index contributed by atoms with van der Waals surface area (Å²) in [5.41, 5.74) is 0. The van der Waals surface area contributed by atoms with Gasteiger partial charge >= 0.3 is 0 Å². The Bertz CT molecular complexity index is 172. The molecular weight excluding hydrogens is 156 g/mol. The lowest BCUT2D eigenvalue weighted by atomic mass is 9.73. The third-order valence-electron chi connectivity index (χ3n) is 4.12. The average Bonchev–Trinajstić information content (AvgIpc) is 2.82. The molecule has 0 spiro atoms. The van der Waals surface area contributed by atoms with Crippen molar-refractivity contribution < 1.29 is 0 Å². The summed E-state index contributed by atoms with van der Waals surface area (Å²) in [5, 5.41) is 0. The third-order valence-corrected chi connectivity index (χ3v) is 4.12. The molecule has 0 aromatic rings. The lowest BCUT2D eigenvalue weighted by Gasteiger charge is -2.32. The second kappa shape index (κ2) is 3.86. The Balaban J connectivity index is 0.000000308. The molecule has 0 amide bonds. The van der Waals surface area contributed by atoms with Gasteiger partial charge in [-0.05, 0) is 42.9 Å². The highest BCUT2D eigenvalue weighted by atomic mass is 14.5. The predicted molar refractivity (Wildman–Crippen MR) is 57.5 cm³/mol. The Morgan fingerprint density at radius 3 is 1.77 bits per heavy atom. The van der Waals surface area contributed by atoms with Crippen LogP contribution in [0.3, 0.4) is 0 Å². The molecule has 13 heavy (non-hydrogen) atoms. The molecular formula is C13H22. The van der Waals surface area contributed by atoms with E-state index < -0.39 is 0 Å². The van der Waals surface area contributed by atoms with Crippen LogP contribution >= 0.6 is 0 Å². The largest absolute Gasteiger partial charge is 0.0848 e. The Morgan fingerprint density at radius 1 is 0.846 bits per heavy atom. The van der Waals surface area contributed by atoms with Gasteiger partial charge in [-0.3, -0.25) is 0 Å². The zero-order chi connectivity index (χ0) is 9.26. The number of rotatable bonds is 0. The number of allylic oxidation sites excluding steroid dienone is 2. The van der Waals surface area contributed by atoms with Crippen molar-refractivity contribution >= 4 is 0 Å². The van der Waals surface area contributed by atoms with Crippen molar-refractivity contribution in [1.29, 1.82) is 0 Å². The van der Waals surface area contributed by atoms with Crippen LogP contribution < -0.4 is 0 Å². The highest BCUT2D eigenvalue weighted by Crippen LogP contribution is 2.53. The molecule has 0 aromatic carbocycles. The first-order valence-electron chi connectivity index (χ1n) is 6.13. The fraction of sp³-hybridized carbons (Fsp3) is 0.846. The number of hydrogen-bond donors (Lipinski definition) is 0. The van der Waals surface area contributed by atoms with E-state index in [1.807, 2.05) is 13.8 Å². The Labute approximate surface area is 82.4 Å². The van der Waals surface area contributed by atoms with Crippen LogP contribution in [0, 0.1) is 23.7 Å². The zero-order valence-electron chi connectivity index (χ0n) is 9.00. The number of fused-ring (bicyclic) bond motifs is 5. The molecule has 4 atom stereocenters. The molecule has 3 aliphatic rings. The monoisotopic (exact) mass is 178 g/mol. The van der Waals surface area contributed by atoms with E-state index in [1.54, 1.807) is 0 Å². The summed E-state index contributed by atoms with van der Waals surface area (Å²) in [6.45, 7) is 4.00. The van der Waals surface area contributed by atoms with Gasteiger partial charge in [0.2, 0.25) is 0 Å². The molecule has 0 aliphatic heterocycles. The molecule has 4 unspecified atom stereocenters.